The number of aromatic nitrogens is 3. The Balaban J connectivity index is 1.88. The van der Waals surface area contributed by atoms with Gasteiger partial charge in [0.05, 0.1) is 16.8 Å². The number of hydrogen-bond acceptors (Lipinski definition) is 7. The van der Waals surface area contributed by atoms with Crippen LogP contribution in [0.5, 0.6) is 5.75 Å². The van der Waals surface area contributed by atoms with E-state index in [2.05, 4.69) is 20.0 Å². The van der Waals surface area contributed by atoms with Gasteiger partial charge < -0.3 is 15.2 Å². The summed E-state index contributed by atoms with van der Waals surface area (Å²) in [7, 11) is -3.31. The zero-order valence-electron chi connectivity index (χ0n) is 22.8. The zero-order chi connectivity index (χ0) is 30.9. The molecule has 3 rings (SSSR count). The number of aliphatic hydroxyl groups excluding tert-OH is 1. The molecule has 1 amide bonds. The topological polar surface area (TPSA) is 123 Å². The number of nitrogens with zero attached hydrogens (tertiary/aromatic N) is 3. The molecule has 0 saturated heterocycles. The van der Waals surface area contributed by atoms with Crippen LogP contribution in [0.25, 0.3) is 5.82 Å². The fourth-order valence-corrected chi connectivity index (χ4v) is 6.10. The van der Waals surface area contributed by atoms with Crippen molar-refractivity contribution in [3.8, 4) is 11.6 Å². The number of sulfone groups is 1. The first-order valence-electron chi connectivity index (χ1n) is 12.8. The summed E-state index contributed by atoms with van der Waals surface area (Å²) >= 11 is 6.46. The molecule has 1 aliphatic carbocycles. The Morgan fingerprint density at radius 1 is 1.29 bits per heavy atom. The maximum atomic E-state index is 13.4. The second kappa shape index (κ2) is 12.4. The van der Waals surface area contributed by atoms with Crippen molar-refractivity contribution in [2.45, 2.75) is 77.0 Å². The quantitative estimate of drug-likeness (QED) is 0.370. The normalized spacial score (nSPS) is 20.3. The van der Waals surface area contributed by atoms with Crippen molar-refractivity contribution in [1.29, 1.82) is 0 Å². The molecule has 9 nitrogen and oxygen atoms in total. The van der Waals surface area contributed by atoms with Crippen LogP contribution in [0.2, 0.25) is 5.15 Å². The minimum absolute atomic E-state index is 0.00279. The van der Waals surface area contributed by atoms with Crippen molar-refractivity contribution in [1.82, 2.24) is 19.9 Å². The molecule has 3 atom stereocenters. The lowest BCUT2D eigenvalue weighted by atomic mass is 9.85. The first kappa shape index (κ1) is 33.0. The average molecular weight is 631 g/mol. The van der Waals surface area contributed by atoms with Crippen molar-refractivity contribution in [3.05, 3.63) is 34.5 Å². The monoisotopic (exact) mass is 630 g/mol. The molecule has 1 fully saturated rings. The predicted octanol–water partition coefficient (Wildman–Crippen LogP) is 4.52. The Kier molecular flexibility index (Phi) is 9.96. The van der Waals surface area contributed by atoms with Gasteiger partial charge in [0.2, 0.25) is 0 Å². The maximum absolute atomic E-state index is 13.4. The number of aryl methyl sites for hydroxylation is 1. The van der Waals surface area contributed by atoms with Crippen molar-refractivity contribution in [2.75, 3.05) is 12.8 Å². The Bertz CT molecular complexity index is 1370. The lowest BCUT2D eigenvalue weighted by Gasteiger charge is -2.32. The summed E-state index contributed by atoms with van der Waals surface area (Å²) in [5.74, 6) is -1.85. The van der Waals surface area contributed by atoms with Gasteiger partial charge in [-0.1, -0.05) is 32.4 Å². The van der Waals surface area contributed by atoms with E-state index < -0.39 is 63.4 Å². The molecule has 2 aromatic rings. The molecule has 16 heteroatoms. The molecule has 2 N–H and O–H groups in total. The minimum atomic E-state index is -4.57. The van der Waals surface area contributed by atoms with E-state index >= 15 is 0 Å². The highest BCUT2D eigenvalue weighted by atomic mass is 35.5. The third-order valence-electron chi connectivity index (χ3n) is 7.19. The summed E-state index contributed by atoms with van der Waals surface area (Å²) in [5, 5.41) is 12.1. The summed E-state index contributed by atoms with van der Waals surface area (Å²) in [6.07, 6.45) is -2.98. The van der Waals surface area contributed by atoms with Gasteiger partial charge in [-0.25, -0.2) is 18.4 Å². The summed E-state index contributed by atoms with van der Waals surface area (Å²) in [4.78, 5) is 21.3. The molecule has 2 heterocycles. The number of halogens is 6. The summed E-state index contributed by atoms with van der Waals surface area (Å²) in [6, 6.07) is 1.02. The van der Waals surface area contributed by atoms with Gasteiger partial charge in [-0.15, -0.1) is 0 Å². The van der Waals surface area contributed by atoms with Gasteiger partial charge in [0.1, 0.15) is 20.8 Å². The number of pyridine rings is 1. The highest BCUT2D eigenvalue weighted by Crippen LogP contribution is 2.41. The van der Waals surface area contributed by atoms with Gasteiger partial charge in [0.25, 0.3) is 5.91 Å². The smallest absolute Gasteiger partial charge is 0.394 e. The summed E-state index contributed by atoms with van der Waals surface area (Å²) in [5.41, 5.74) is -2.46. The molecule has 0 spiro atoms. The van der Waals surface area contributed by atoms with E-state index in [4.69, 9.17) is 11.6 Å². The fourth-order valence-electron chi connectivity index (χ4n) is 4.68. The lowest BCUT2D eigenvalue weighted by molar-refractivity contribution is -0.211. The van der Waals surface area contributed by atoms with E-state index in [9.17, 15) is 40.3 Å². The Labute approximate surface area is 239 Å². The van der Waals surface area contributed by atoms with Crippen LogP contribution in [-0.2, 0) is 22.7 Å². The molecule has 1 unspecified atom stereocenters. The molecular weight excluding hydrogens is 599 g/mol. The van der Waals surface area contributed by atoms with Crippen LogP contribution < -0.4 is 10.1 Å². The number of nitrogens with one attached hydrogen (secondary N) is 1. The first-order valence-corrected chi connectivity index (χ1v) is 15.1. The fraction of sp³-hybridized carbons (Fsp3) is 0.640. The van der Waals surface area contributed by atoms with Gasteiger partial charge in [-0.3, -0.25) is 9.36 Å². The number of imidazole rings is 1. The first-order chi connectivity index (χ1) is 18.9. The highest BCUT2D eigenvalue weighted by molar-refractivity contribution is 7.91. The van der Waals surface area contributed by atoms with Gasteiger partial charge in [0, 0.05) is 31.3 Å². The molecule has 0 radical (unpaired) electrons. The second-order valence-electron chi connectivity index (χ2n) is 10.8. The largest absolute Gasteiger partial charge is 0.431 e. The van der Waals surface area contributed by atoms with Crippen LogP contribution in [0.1, 0.15) is 61.9 Å². The standard InChI is InChI=1S/C25H32ClF5N4O5S/c1-5-18-34-19(22(37)33-12-14-6-7-15(9-16(14)36)41(4,38)39)20(26)35(18)21-17(40-23(27)28)8-13(11-32-21)10-24(2,3)25(29,30)31/h8,11,14-16,23,36H,5-7,9-10,12H2,1-4H3,(H,33,37)/t14-,15?,16+/m0/s1. The number of hydrogen-bond donors (Lipinski definition) is 2. The molecule has 1 aliphatic rings. The maximum Gasteiger partial charge on any atom is 0.394 e. The third kappa shape index (κ3) is 7.66. The van der Waals surface area contributed by atoms with Crippen molar-refractivity contribution >= 4 is 27.3 Å². The number of aliphatic hydroxyl groups is 1. The number of rotatable bonds is 10. The summed E-state index contributed by atoms with van der Waals surface area (Å²) < 4.78 is 96.0. The van der Waals surface area contributed by atoms with E-state index in [1.54, 1.807) is 6.92 Å². The number of alkyl halides is 5. The number of ether oxygens (including phenoxy) is 1. The van der Waals surface area contributed by atoms with Gasteiger partial charge in [-0.2, -0.15) is 22.0 Å². The Morgan fingerprint density at radius 3 is 2.49 bits per heavy atom. The van der Waals surface area contributed by atoms with Gasteiger partial charge in [0.15, 0.2) is 17.3 Å². The van der Waals surface area contributed by atoms with Crippen molar-refractivity contribution in [2.24, 2.45) is 11.3 Å². The molecular formula is C25H32ClF5N4O5S. The molecule has 0 aromatic carbocycles. The molecule has 0 bridgehead atoms. The summed E-state index contributed by atoms with van der Waals surface area (Å²) in [6.45, 7) is 0.264. The third-order valence-corrected chi connectivity index (χ3v) is 9.18. The second-order valence-corrected chi connectivity index (χ2v) is 13.4. The van der Waals surface area contributed by atoms with E-state index in [1.165, 1.54) is 0 Å². The Morgan fingerprint density at radius 2 is 1.95 bits per heavy atom. The lowest BCUT2D eigenvalue weighted by Crippen LogP contribution is -2.41. The average Bonchev–Trinajstić information content (AvgIpc) is 3.17. The van der Waals surface area contributed by atoms with Gasteiger partial charge >= 0.3 is 12.8 Å². The minimum Gasteiger partial charge on any atom is -0.431 e. The number of carbonyl (C=O) groups is 1. The molecule has 2 aromatic heterocycles. The number of amides is 1. The Hall–Kier alpha value is -2.52. The van der Waals surface area contributed by atoms with E-state index in [1.807, 2.05) is 0 Å². The van der Waals surface area contributed by atoms with Crippen LogP contribution in [0, 0.1) is 11.3 Å². The van der Waals surface area contributed by atoms with E-state index in [0.717, 1.165) is 36.9 Å². The molecule has 41 heavy (non-hydrogen) atoms. The van der Waals surface area contributed by atoms with E-state index in [0.29, 0.717) is 12.8 Å². The number of carbonyl (C=O) groups excluding carboxylic acids is 1. The molecule has 0 aliphatic heterocycles. The van der Waals surface area contributed by atoms with Crippen LogP contribution >= 0.6 is 11.6 Å². The van der Waals surface area contributed by atoms with Crippen molar-refractivity contribution in [3.63, 3.8) is 0 Å². The predicted molar refractivity (Wildman–Crippen MR) is 140 cm³/mol. The van der Waals surface area contributed by atoms with Crippen LogP contribution in [0.15, 0.2) is 12.3 Å². The zero-order valence-corrected chi connectivity index (χ0v) is 24.4. The van der Waals surface area contributed by atoms with E-state index in [-0.39, 0.29) is 47.4 Å². The van der Waals surface area contributed by atoms with Crippen molar-refractivity contribution < 1.29 is 45.0 Å². The molecule has 230 valence electrons. The SMILES string of the molecule is CCc1nc(C(=O)NC[C@@H]2CCC(S(C)(=O)=O)C[C@H]2O)c(Cl)n1-c1ncc(CC(C)(C)C(F)(F)F)cc1OC(F)F. The van der Waals surface area contributed by atoms with Gasteiger partial charge in [-0.05, 0) is 37.3 Å². The molecule has 1 saturated carbocycles. The highest BCUT2D eigenvalue weighted by Gasteiger charge is 2.47. The van der Waals surface area contributed by atoms with Crippen LogP contribution in [-0.4, -0.2) is 70.9 Å². The van der Waals surface area contributed by atoms with Crippen LogP contribution in [0.4, 0.5) is 22.0 Å². The van der Waals surface area contributed by atoms with Crippen LogP contribution in [0.3, 0.4) is 0 Å².